The molecule has 1 atom stereocenters. The molecule has 3 rings (SSSR count). The number of rotatable bonds is 4. The molecule has 0 spiro atoms. The molecule has 1 nitrogen and oxygen atoms in total. The van der Waals surface area contributed by atoms with Gasteiger partial charge in [-0.1, -0.05) is 67.4 Å². The molecule has 1 fully saturated rings. The van der Waals surface area contributed by atoms with Crippen LogP contribution < -0.4 is 5.73 Å². The third-order valence-corrected chi connectivity index (χ3v) is 4.52. The fourth-order valence-corrected chi connectivity index (χ4v) is 3.28. The molecule has 0 bridgehead atoms. The van der Waals surface area contributed by atoms with E-state index in [2.05, 4.69) is 54.6 Å². The van der Waals surface area contributed by atoms with Gasteiger partial charge in [0.2, 0.25) is 0 Å². The molecule has 0 saturated heterocycles. The van der Waals surface area contributed by atoms with Crippen LogP contribution in [0.2, 0.25) is 0 Å². The smallest absolute Gasteiger partial charge is 0.0323 e. The Morgan fingerprint density at radius 3 is 2.10 bits per heavy atom. The van der Waals surface area contributed by atoms with E-state index in [4.69, 9.17) is 5.73 Å². The lowest BCUT2D eigenvalue weighted by Crippen LogP contribution is -2.18. The van der Waals surface area contributed by atoms with Crippen molar-refractivity contribution in [1.82, 2.24) is 0 Å². The van der Waals surface area contributed by atoms with Crippen LogP contribution in [0.1, 0.15) is 48.4 Å². The van der Waals surface area contributed by atoms with Gasteiger partial charge in [-0.25, -0.2) is 0 Å². The minimum absolute atomic E-state index is 0.225. The fraction of sp³-hybridized carbons (Fsp3) is 0.368. The van der Waals surface area contributed by atoms with E-state index in [1.807, 2.05) is 0 Å². The predicted octanol–water partition coefficient (Wildman–Crippen LogP) is 4.47. The Morgan fingerprint density at radius 2 is 1.45 bits per heavy atom. The summed E-state index contributed by atoms with van der Waals surface area (Å²) < 4.78 is 0. The molecule has 1 heteroatoms. The van der Waals surface area contributed by atoms with Crippen molar-refractivity contribution in [2.45, 2.75) is 38.1 Å². The molecule has 0 aliphatic heterocycles. The minimum atomic E-state index is 0.225. The molecule has 1 aliphatic carbocycles. The lowest BCUT2D eigenvalue weighted by atomic mass is 9.91. The summed E-state index contributed by atoms with van der Waals surface area (Å²) >= 11 is 0. The first-order chi connectivity index (χ1) is 9.83. The molecule has 2 aromatic rings. The summed E-state index contributed by atoms with van der Waals surface area (Å²) in [5.41, 5.74) is 10.4. The van der Waals surface area contributed by atoms with Gasteiger partial charge in [0.1, 0.15) is 0 Å². The highest BCUT2D eigenvalue weighted by Crippen LogP contribution is 2.34. The Balaban J connectivity index is 1.68. The van der Waals surface area contributed by atoms with Crippen LogP contribution in [-0.4, -0.2) is 0 Å². The number of hydrogen-bond donors (Lipinski definition) is 1. The van der Waals surface area contributed by atoms with Crippen molar-refractivity contribution in [3.05, 3.63) is 71.3 Å². The van der Waals surface area contributed by atoms with Crippen molar-refractivity contribution < 1.29 is 0 Å². The van der Waals surface area contributed by atoms with E-state index >= 15 is 0 Å². The van der Waals surface area contributed by atoms with E-state index in [0.717, 1.165) is 6.42 Å². The molecule has 1 saturated carbocycles. The Morgan fingerprint density at radius 1 is 0.850 bits per heavy atom. The van der Waals surface area contributed by atoms with E-state index in [9.17, 15) is 0 Å². The van der Waals surface area contributed by atoms with Crippen LogP contribution in [0.25, 0.3) is 0 Å². The maximum atomic E-state index is 6.40. The first-order valence-corrected chi connectivity index (χ1v) is 7.71. The van der Waals surface area contributed by atoms with Gasteiger partial charge in [0.25, 0.3) is 0 Å². The summed E-state index contributed by atoms with van der Waals surface area (Å²) in [6, 6.07) is 19.8. The number of nitrogens with two attached hydrogens (primary N) is 1. The summed E-state index contributed by atoms with van der Waals surface area (Å²) in [4.78, 5) is 0. The SMILES string of the molecule is NC(c1ccc(Cc2ccccc2)cc1)C1CCCC1. The second-order valence-electron chi connectivity index (χ2n) is 5.97. The van der Waals surface area contributed by atoms with Gasteiger partial charge < -0.3 is 5.73 Å². The van der Waals surface area contributed by atoms with Gasteiger partial charge in [0.05, 0.1) is 0 Å². The highest BCUT2D eigenvalue weighted by molar-refractivity contribution is 5.30. The van der Waals surface area contributed by atoms with Crippen molar-refractivity contribution >= 4 is 0 Å². The molecule has 1 unspecified atom stereocenters. The molecule has 2 N–H and O–H groups in total. The van der Waals surface area contributed by atoms with E-state index < -0.39 is 0 Å². The number of benzene rings is 2. The van der Waals surface area contributed by atoms with Crippen LogP contribution in [-0.2, 0) is 6.42 Å². The van der Waals surface area contributed by atoms with Crippen molar-refractivity contribution in [3.8, 4) is 0 Å². The Bertz CT molecular complexity index is 523. The summed E-state index contributed by atoms with van der Waals surface area (Å²) in [5, 5.41) is 0. The maximum Gasteiger partial charge on any atom is 0.0323 e. The Kier molecular flexibility index (Phi) is 4.17. The molecule has 0 radical (unpaired) electrons. The molecule has 20 heavy (non-hydrogen) atoms. The molecule has 0 amide bonds. The van der Waals surface area contributed by atoms with Crippen molar-refractivity contribution in [3.63, 3.8) is 0 Å². The third kappa shape index (κ3) is 3.10. The summed E-state index contributed by atoms with van der Waals surface area (Å²) in [5.74, 6) is 0.690. The molecular formula is C19H23N. The van der Waals surface area contributed by atoms with Crippen LogP contribution >= 0.6 is 0 Å². The predicted molar refractivity (Wildman–Crippen MR) is 84.6 cm³/mol. The van der Waals surface area contributed by atoms with Gasteiger partial charge in [0.15, 0.2) is 0 Å². The molecular weight excluding hydrogens is 242 g/mol. The van der Waals surface area contributed by atoms with Gasteiger partial charge in [-0.15, -0.1) is 0 Å². The normalized spacial score (nSPS) is 17.2. The topological polar surface area (TPSA) is 26.0 Å². The summed E-state index contributed by atoms with van der Waals surface area (Å²) in [6.45, 7) is 0. The highest BCUT2D eigenvalue weighted by Gasteiger charge is 2.22. The summed E-state index contributed by atoms with van der Waals surface area (Å²) in [7, 11) is 0. The first kappa shape index (κ1) is 13.4. The van der Waals surface area contributed by atoms with Gasteiger partial charge >= 0.3 is 0 Å². The van der Waals surface area contributed by atoms with Gasteiger partial charge in [-0.3, -0.25) is 0 Å². The van der Waals surface area contributed by atoms with Crippen molar-refractivity contribution in [2.75, 3.05) is 0 Å². The number of hydrogen-bond acceptors (Lipinski definition) is 1. The first-order valence-electron chi connectivity index (χ1n) is 7.71. The largest absolute Gasteiger partial charge is 0.324 e. The minimum Gasteiger partial charge on any atom is -0.324 e. The van der Waals surface area contributed by atoms with Crippen LogP contribution in [0.15, 0.2) is 54.6 Å². The lowest BCUT2D eigenvalue weighted by Gasteiger charge is -2.19. The molecule has 0 heterocycles. The van der Waals surface area contributed by atoms with E-state index in [1.165, 1.54) is 42.4 Å². The van der Waals surface area contributed by atoms with Crippen molar-refractivity contribution in [2.24, 2.45) is 11.7 Å². The molecule has 1 aliphatic rings. The monoisotopic (exact) mass is 265 g/mol. The standard InChI is InChI=1S/C19H23N/c20-19(17-8-4-5-9-17)18-12-10-16(11-13-18)14-15-6-2-1-3-7-15/h1-3,6-7,10-13,17,19H,4-5,8-9,14,20H2. The fourth-order valence-electron chi connectivity index (χ4n) is 3.28. The van der Waals surface area contributed by atoms with E-state index in [-0.39, 0.29) is 6.04 Å². The highest BCUT2D eigenvalue weighted by atomic mass is 14.7. The van der Waals surface area contributed by atoms with Gasteiger partial charge in [-0.05, 0) is 41.9 Å². The Labute approximate surface area is 121 Å². The zero-order valence-electron chi connectivity index (χ0n) is 12.0. The summed E-state index contributed by atoms with van der Waals surface area (Å²) in [6.07, 6.45) is 6.30. The molecule has 0 aromatic heterocycles. The second-order valence-corrected chi connectivity index (χ2v) is 5.97. The van der Waals surface area contributed by atoms with Gasteiger partial charge in [-0.2, -0.15) is 0 Å². The molecule has 104 valence electrons. The second kappa shape index (κ2) is 6.23. The average molecular weight is 265 g/mol. The third-order valence-electron chi connectivity index (χ3n) is 4.52. The van der Waals surface area contributed by atoms with Crippen LogP contribution in [0, 0.1) is 5.92 Å². The van der Waals surface area contributed by atoms with Crippen LogP contribution in [0.3, 0.4) is 0 Å². The zero-order chi connectivity index (χ0) is 13.8. The van der Waals surface area contributed by atoms with Crippen LogP contribution in [0.4, 0.5) is 0 Å². The quantitative estimate of drug-likeness (QED) is 0.867. The van der Waals surface area contributed by atoms with E-state index in [0.29, 0.717) is 5.92 Å². The average Bonchev–Trinajstić information content (AvgIpc) is 3.03. The lowest BCUT2D eigenvalue weighted by molar-refractivity contribution is 0.445. The van der Waals surface area contributed by atoms with Gasteiger partial charge in [0, 0.05) is 6.04 Å². The van der Waals surface area contributed by atoms with E-state index in [1.54, 1.807) is 0 Å². The Hall–Kier alpha value is -1.60. The maximum absolute atomic E-state index is 6.40. The zero-order valence-corrected chi connectivity index (χ0v) is 12.0. The molecule has 2 aromatic carbocycles. The van der Waals surface area contributed by atoms with Crippen LogP contribution in [0.5, 0.6) is 0 Å². The van der Waals surface area contributed by atoms with Crippen molar-refractivity contribution in [1.29, 1.82) is 0 Å².